The van der Waals surface area contributed by atoms with Crippen molar-refractivity contribution in [3.05, 3.63) is 27.7 Å². The lowest BCUT2D eigenvalue weighted by Gasteiger charge is -2.04. The number of aldehydes is 1. The maximum Gasteiger partial charge on any atom is 0.489 e. The van der Waals surface area contributed by atoms with Gasteiger partial charge >= 0.3 is 7.12 Å². The molecular weight excluding hydrogens is 214 g/mol. The molecule has 0 radical (unpaired) electrons. The van der Waals surface area contributed by atoms with Gasteiger partial charge in [-0.2, -0.15) is 0 Å². The van der Waals surface area contributed by atoms with Crippen LogP contribution in [0.2, 0.25) is 10.0 Å². The van der Waals surface area contributed by atoms with Crippen molar-refractivity contribution in [2.24, 2.45) is 0 Å². The lowest BCUT2D eigenvalue weighted by molar-refractivity contribution is 0.112. The molecule has 0 saturated heterocycles. The summed E-state index contributed by atoms with van der Waals surface area (Å²) in [6.07, 6.45) is 0.483. The van der Waals surface area contributed by atoms with E-state index in [0.717, 1.165) is 0 Å². The Labute approximate surface area is 85.0 Å². The highest BCUT2D eigenvalue weighted by molar-refractivity contribution is 6.60. The van der Waals surface area contributed by atoms with Crippen molar-refractivity contribution >= 4 is 42.1 Å². The second-order valence-electron chi connectivity index (χ2n) is 2.39. The molecule has 0 saturated carbocycles. The highest BCUT2D eigenvalue weighted by Gasteiger charge is 2.17. The summed E-state index contributed by atoms with van der Waals surface area (Å²) in [7, 11) is -1.73. The van der Waals surface area contributed by atoms with Crippen LogP contribution in [0.25, 0.3) is 0 Å². The van der Waals surface area contributed by atoms with Crippen molar-refractivity contribution in [1.29, 1.82) is 0 Å². The van der Waals surface area contributed by atoms with Crippen molar-refractivity contribution in [1.82, 2.24) is 0 Å². The monoisotopic (exact) mass is 218 g/mol. The van der Waals surface area contributed by atoms with Gasteiger partial charge in [-0.1, -0.05) is 23.2 Å². The van der Waals surface area contributed by atoms with E-state index in [0.29, 0.717) is 6.29 Å². The van der Waals surface area contributed by atoms with E-state index in [1.54, 1.807) is 0 Å². The van der Waals surface area contributed by atoms with E-state index in [-0.39, 0.29) is 21.1 Å². The summed E-state index contributed by atoms with van der Waals surface area (Å²) in [5.41, 5.74) is 0.161. The second kappa shape index (κ2) is 4.11. The van der Waals surface area contributed by atoms with Gasteiger partial charge in [0.1, 0.15) is 6.29 Å². The zero-order valence-electron chi connectivity index (χ0n) is 6.37. The predicted octanol–water partition coefficient (Wildman–Crippen LogP) is 0.486. The van der Waals surface area contributed by atoms with Gasteiger partial charge in [-0.05, 0) is 17.6 Å². The van der Waals surface area contributed by atoms with Gasteiger partial charge < -0.3 is 10.0 Å². The van der Waals surface area contributed by atoms with Gasteiger partial charge in [-0.25, -0.2) is 0 Å². The molecule has 0 aromatic heterocycles. The average molecular weight is 219 g/mol. The van der Waals surface area contributed by atoms with Gasteiger partial charge in [0.05, 0.1) is 10.0 Å². The Hall–Kier alpha value is -0.545. The first kappa shape index (κ1) is 10.5. The Morgan fingerprint density at radius 2 is 1.77 bits per heavy atom. The summed E-state index contributed by atoms with van der Waals surface area (Å²) in [6, 6.07) is 2.53. The van der Waals surface area contributed by atoms with Crippen molar-refractivity contribution in [3.63, 3.8) is 0 Å². The van der Waals surface area contributed by atoms with E-state index in [9.17, 15) is 4.79 Å². The molecule has 13 heavy (non-hydrogen) atoms. The zero-order chi connectivity index (χ0) is 10.0. The molecule has 68 valence electrons. The number of rotatable bonds is 2. The van der Waals surface area contributed by atoms with E-state index in [1.165, 1.54) is 12.1 Å². The van der Waals surface area contributed by atoms with Crippen LogP contribution in [0.15, 0.2) is 12.1 Å². The van der Waals surface area contributed by atoms with Crippen LogP contribution in [-0.4, -0.2) is 23.5 Å². The Bertz CT molecular complexity index is 341. The molecule has 0 fully saturated rings. The summed E-state index contributed by atoms with van der Waals surface area (Å²) in [5.74, 6) is 0. The Balaban J connectivity index is 3.32. The molecule has 0 aliphatic carbocycles. The van der Waals surface area contributed by atoms with Crippen LogP contribution in [0, 0.1) is 0 Å². The number of halogens is 2. The molecule has 1 aromatic rings. The summed E-state index contributed by atoms with van der Waals surface area (Å²) in [4.78, 5) is 10.5. The standard InChI is InChI=1S/C7H5BCl2O3/c9-6-1-4(3-11)5(8(12)13)2-7(6)10/h1-3,12-13H. The number of carbonyl (C=O) groups is 1. The minimum Gasteiger partial charge on any atom is -0.423 e. The molecule has 1 rings (SSSR count). The third-order valence-corrected chi connectivity index (χ3v) is 2.25. The van der Waals surface area contributed by atoms with Gasteiger partial charge in [0.2, 0.25) is 0 Å². The van der Waals surface area contributed by atoms with Gasteiger partial charge in [0.25, 0.3) is 0 Å². The van der Waals surface area contributed by atoms with E-state index in [1.807, 2.05) is 0 Å². The normalized spacial score (nSPS) is 9.85. The number of benzene rings is 1. The van der Waals surface area contributed by atoms with Crippen molar-refractivity contribution in [2.45, 2.75) is 0 Å². The summed E-state index contributed by atoms with van der Waals surface area (Å²) in [5, 5.41) is 18.1. The molecule has 0 unspecified atom stereocenters. The van der Waals surface area contributed by atoms with Crippen LogP contribution < -0.4 is 5.46 Å². The highest BCUT2D eigenvalue weighted by Crippen LogP contribution is 2.20. The molecule has 0 bridgehead atoms. The molecule has 0 spiro atoms. The van der Waals surface area contributed by atoms with Crippen LogP contribution in [-0.2, 0) is 0 Å². The maximum atomic E-state index is 10.5. The van der Waals surface area contributed by atoms with Crippen molar-refractivity contribution in [3.8, 4) is 0 Å². The fourth-order valence-electron chi connectivity index (χ4n) is 0.903. The molecule has 1 aromatic carbocycles. The molecule has 0 amide bonds. The van der Waals surface area contributed by atoms with E-state index >= 15 is 0 Å². The summed E-state index contributed by atoms with van der Waals surface area (Å²) >= 11 is 11.2. The minimum atomic E-state index is -1.73. The molecular formula is C7H5BCl2O3. The van der Waals surface area contributed by atoms with Crippen molar-refractivity contribution < 1.29 is 14.8 Å². The quantitative estimate of drug-likeness (QED) is 0.561. The van der Waals surface area contributed by atoms with Crippen LogP contribution in [0.4, 0.5) is 0 Å². The first-order valence-electron chi connectivity index (χ1n) is 3.36. The first-order chi connectivity index (χ1) is 6.06. The Morgan fingerprint density at radius 3 is 2.23 bits per heavy atom. The molecule has 0 aliphatic rings. The molecule has 3 nitrogen and oxygen atoms in total. The summed E-state index contributed by atoms with van der Waals surface area (Å²) in [6.45, 7) is 0. The Kier molecular flexibility index (Phi) is 3.33. The maximum absolute atomic E-state index is 10.5. The molecule has 0 atom stereocenters. The average Bonchev–Trinajstić information content (AvgIpc) is 2.08. The van der Waals surface area contributed by atoms with Gasteiger partial charge in [0, 0.05) is 5.56 Å². The number of hydrogen-bond acceptors (Lipinski definition) is 3. The van der Waals surface area contributed by atoms with Gasteiger partial charge in [0.15, 0.2) is 0 Å². The van der Waals surface area contributed by atoms with E-state index < -0.39 is 7.12 Å². The van der Waals surface area contributed by atoms with Crippen LogP contribution in [0.3, 0.4) is 0 Å². The highest BCUT2D eigenvalue weighted by atomic mass is 35.5. The smallest absolute Gasteiger partial charge is 0.423 e. The molecule has 6 heteroatoms. The van der Waals surface area contributed by atoms with E-state index in [2.05, 4.69) is 0 Å². The van der Waals surface area contributed by atoms with Gasteiger partial charge in [-0.15, -0.1) is 0 Å². The fraction of sp³-hybridized carbons (Fsp3) is 0. The lowest BCUT2D eigenvalue weighted by atomic mass is 9.77. The van der Waals surface area contributed by atoms with E-state index in [4.69, 9.17) is 33.2 Å². The van der Waals surface area contributed by atoms with Crippen LogP contribution in [0.5, 0.6) is 0 Å². The zero-order valence-corrected chi connectivity index (χ0v) is 7.88. The molecule has 2 N–H and O–H groups in total. The summed E-state index contributed by atoms with van der Waals surface area (Å²) < 4.78 is 0. The van der Waals surface area contributed by atoms with Crippen LogP contribution >= 0.6 is 23.2 Å². The molecule has 0 aliphatic heterocycles. The molecule has 0 heterocycles. The predicted molar refractivity (Wildman–Crippen MR) is 51.7 cm³/mol. The minimum absolute atomic E-state index is 0.0457. The number of carbonyl (C=O) groups excluding carboxylic acids is 1. The fourth-order valence-corrected chi connectivity index (χ4v) is 1.25. The van der Waals surface area contributed by atoms with Crippen molar-refractivity contribution in [2.75, 3.05) is 0 Å². The van der Waals surface area contributed by atoms with Gasteiger partial charge in [-0.3, -0.25) is 4.79 Å². The third-order valence-electron chi connectivity index (χ3n) is 1.53. The third kappa shape index (κ3) is 2.22. The SMILES string of the molecule is O=Cc1cc(Cl)c(Cl)cc1B(O)O. The topological polar surface area (TPSA) is 57.5 Å². The lowest BCUT2D eigenvalue weighted by Crippen LogP contribution is -2.33. The second-order valence-corrected chi connectivity index (χ2v) is 3.20. The largest absolute Gasteiger partial charge is 0.489 e. The Morgan fingerprint density at radius 1 is 1.23 bits per heavy atom. The first-order valence-corrected chi connectivity index (χ1v) is 4.12. The van der Waals surface area contributed by atoms with Crippen LogP contribution in [0.1, 0.15) is 10.4 Å². The number of hydrogen-bond donors (Lipinski definition) is 2.